The zero-order valence-electron chi connectivity index (χ0n) is 8.52. The summed E-state index contributed by atoms with van der Waals surface area (Å²) in [5.74, 6) is -5.60. The van der Waals surface area contributed by atoms with E-state index >= 15 is 0 Å². The van der Waals surface area contributed by atoms with E-state index in [2.05, 4.69) is 4.74 Å². The molecule has 1 aromatic carbocycles. The molecule has 0 aliphatic heterocycles. The lowest BCUT2D eigenvalue weighted by atomic mass is 10.1. The largest absolute Gasteiger partial charge is 0.491 e. The molecule has 3 nitrogen and oxygen atoms in total. The summed E-state index contributed by atoms with van der Waals surface area (Å²) in [6.07, 6.45) is -0.148. The van der Waals surface area contributed by atoms with Gasteiger partial charge in [-0.15, -0.1) is 0 Å². The first-order valence-electron chi connectivity index (χ1n) is 4.47. The highest BCUT2D eigenvalue weighted by molar-refractivity contribution is 5.96. The van der Waals surface area contributed by atoms with Crippen molar-refractivity contribution in [1.29, 1.82) is 0 Å². The molecule has 0 fully saturated rings. The quantitative estimate of drug-likeness (QED) is 0.635. The third-order valence-corrected chi connectivity index (χ3v) is 1.99. The third kappa shape index (κ3) is 2.16. The molecule has 0 amide bonds. The number of carbonyl (C=O) groups excluding carboxylic acids is 1. The third-order valence-electron chi connectivity index (χ3n) is 1.99. The van der Waals surface area contributed by atoms with E-state index in [4.69, 9.17) is 5.73 Å². The van der Waals surface area contributed by atoms with Crippen LogP contribution in [0.25, 0.3) is 0 Å². The summed E-state index contributed by atoms with van der Waals surface area (Å²) in [5, 5.41) is 0. The minimum atomic E-state index is -1.45. The summed E-state index contributed by atoms with van der Waals surface area (Å²) in [7, 11) is 0.984. The number of nitrogens with two attached hydrogens (primary N) is 1. The Morgan fingerprint density at radius 1 is 1.38 bits per heavy atom. The fraction of sp³-hybridized carbons (Fsp3) is 0.300. The van der Waals surface area contributed by atoms with E-state index in [9.17, 15) is 18.0 Å². The minimum absolute atomic E-state index is 0.000412. The normalized spacial score (nSPS) is 10.3. The van der Waals surface area contributed by atoms with Crippen molar-refractivity contribution in [3.63, 3.8) is 0 Å². The molecule has 0 saturated carbocycles. The van der Waals surface area contributed by atoms with Crippen molar-refractivity contribution >= 4 is 5.78 Å². The SMILES string of the molecule is COc1c(F)c(F)cc(C(=O)CCN)c1F. The van der Waals surface area contributed by atoms with Crippen molar-refractivity contribution in [2.75, 3.05) is 13.7 Å². The Labute approximate surface area is 90.0 Å². The van der Waals surface area contributed by atoms with E-state index < -0.39 is 34.5 Å². The Hall–Kier alpha value is -1.56. The second-order valence-corrected chi connectivity index (χ2v) is 3.03. The molecule has 0 spiro atoms. The topological polar surface area (TPSA) is 52.3 Å². The molecule has 6 heteroatoms. The van der Waals surface area contributed by atoms with Gasteiger partial charge >= 0.3 is 0 Å². The van der Waals surface area contributed by atoms with E-state index in [1.165, 1.54) is 0 Å². The first-order chi connectivity index (χ1) is 7.52. The molecular weight excluding hydrogens is 223 g/mol. The average molecular weight is 233 g/mol. The number of carbonyl (C=O) groups is 1. The van der Waals surface area contributed by atoms with Crippen LogP contribution in [0.3, 0.4) is 0 Å². The maximum absolute atomic E-state index is 13.5. The van der Waals surface area contributed by atoms with Crippen molar-refractivity contribution < 1.29 is 22.7 Å². The van der Waals surface area contributed by atoms with Crippen LogP contribution in [0.15, 0.2) is 6.07 Å². The maximum atomic E-state index is 13.5. The molecule has 16 heavy (non-hydrogen) atoms. The summed E-state index contributed by atoms with van der Waals surface area (Å²) >= 11 is 0. The highest BCUT2D eigenvalue weighted by Crippen LogP contribution is 2.27. The van der Waals surface area contributed by atoms with Gasteiger partial charge in [-0.3, -0.25) is 4.79 Å². The monoisotopic (exact) mass is 233 g/mol. The van der Waals surface area contributed by atoms with Gasteiger partial charge in [0.2, 0.25) is 5.82 Å². The Balaban J connectivity index is 3.31. The molecule has 0 heterocycles. The van der Waals surface area contributed by atoms with Crippen molar-refractivity contribution in [3.8, 4) is 5.75 Å². The summed E-state index contributed by atoms with van der Waals surface area (Å²) in [6.45, 7) is -0.000412. The number of ketones is 1. The molecule has 1 aromatic rings. The standard InChI is InChI=1S/C10H10F3NO2/c1-16-10-8(12)5(7(15)2-3-14)4-6(11)9(10)13/h4H,2-3,14H2,1H3. The molecule has 2 N–H and O–H groups in total. The first kappa shape index (κ1) is 12.5. The van der Waals surface area contributed by atoms with Crippen LogP contribution in [0.4, 0.5) is 13.2 Å². The Morgan fingerprint density at radius 3 is 2.50 bits per heavy atom. The van der Waals surface area contributed by atoms with Crippen LogP contribution >= 0.6 is 0 Å². The van der Waals surface area contributed by atoms with Crippen LogP contribution < -0.4 is 10.5 Å². The molecule has 1 rings (SSSR count). The fourth-order valence-corrected chi connectivity index (χ4v) is 1.23. The molecule has 0 aliphatic carbocycles. The van der Waals surface area contributed by atoms with Crippen molar-refractivity contribution in [2.24, 2.45) is 5.73 Å². The second kappa shape index (κ2) is 4.98. The lowest BCUT2D eigenvalue weighted by Gasteiger charge is -2.08. The number of benzene rings is 1. The molecule has 0 aromatic heterocycles. The van der Waals surface area contributed by atoms with Gasteiger partial charge in [0.05, 0.1) is 12.7 Å². The maximum Gasteiger partial charge on any atom is 0.203 e. The molecule has 0 atom stereocenters. The number of hydrogen-bond acceptors (Lipinski definition) is 3. The van der Waals surface area contributed by atoms with Gasteiger partial charge in [-0.1, -0.05) is 0 Å². The van der Waals surface area contributed by atoms with Crippen LogP contribution in [-0.4, -0.2) is 19.4 Å². The van der Waals surface area contributed by atoms with E-state index in [1.54, 1.807) is 0 Å². The number of methoxy groups -OCH3 is 1. The van der Waals surface area contributed by atoms with E-state index in [0.717, 1.165) is 7.11 Å². The number of ether oxygens (including phenoxy) is 1. The molecule has 0 unspecified atom stereocenters. The van der Waals surface area contributed by atoms with E-state index in [0.29, 0.717) is 6.07 Å². The summed E-state index contributed by atoms with van der Waals surface area (Å²) in [4.78, 5) is 11.3. The van der Waals surface area contributed by atoms with E-state index in [1.807, 2.05) is 0 Å². The molecule has 0 bridgehead atoms. The van der Waals surface area contributed by atoms with Crippen molar-refractivity contribution in [3.05, 3.63) is 29.1 Å². The van der Waals surface area contributed by atoms with Gasteiger partial charge < -0.3 is 10.5 Å². The van der Waals surface area contributed by atoms with Crippen LogP contribution in [0.2, 0.25) is 0 Å². The number of Topliss-reactive ketones (excluding diaryl/α,β-unsaturated/α-hetero) is 1. The van der Waals surface area contributed by atoms with Crippen LogP contribution in [-0.2, 0) is 0 Å². The zero-order valence-corrected chi connectivity index (χ0v) is 8.52. The summed E-state index contributed by atoms with van der Waals surface area (Å²) in [5.41, 5.74) is 4.56. The van der Waals surface area contributed by atoms with Gasteiger partial charge in [0.15, 0.2) is 23.2 Å². The van der Waals surface area contributed by atoms with Gasteiger partial charge in [0, 0.05) is 6.42 Å². The first-order valence-corrected chi connectivity index (χ1v) is 4.47. The van der Waals surface area contributed by atoms with E-state index in [-0.39, 0.29) is 13.0 Å². The highest BCUT2D eigenvalue weighted by atomic mass is 19.2. The predicted octanol–water partition coefficient (Wildman–Crippen LogP) is 1.64. The average Bonchev–Trinajstić information content (AvgIpc) is 2.24. The zero-order chi connectivity index (χ0) is 12.3. The molecular formula is C10H10F3NO2. The second-order valence-electron chi connectivity index (χ2n) is 3.03. The van der Waals surface area contributed by atoms with Gasteiger partial charge in [0.1, 0.15) is 0 Å². The lowest BCUT2D eigenvalue weighted by molar-refractivity contribution is 0.0980. The van der Waals surface area contributed by atoms with Crippen LogP contribution in [0.1, 0.15) is 16.8 Å². The van der Waals surface area contributed by atoms with Gasteiger partial charge in [-0.2, -0.15) is 4.39 Å². The Bertz CT molecular complexity index is 421. The summed E-state index contributed by atoms with van der Waals surface area (Å²) < 4.78 is 43.9. The smallest absolute Gasteiger partial charge is 0.203 e. The van der Waals surface area contributed by atoms with Crippen LogP contribution in [0.5, 0.6) is 5.75 Å². The highest BCUT2D eigenvalue weighted by Gasteiger charge is 2.22. The molecule has 88 valence electrons. The molecule has 0 radical (unpaired) electrons. The van der Waals surface area contributed by atoms with Gasteiger partial charge in [0.25, 0.3) is 0 Å². The van der Waals surface area contributed by atoms with Gasteiger partial charge in [-0.05, 0) is 12.6 Å². The molecule has 0 aliphatic rings. The number of rotatable bonds is 4. The number of hydrogen-bond donors (Lipinski definition) is 1. The van der Waals surface area contributed by atoms with Crippen LogP contribution in [0, 0.1) is 17.5 Å². The van der Waals surface area contributed by atoms with Crippen molar-refractivity contribution in [1.82, 2.24) is 0 Å². The van der Waals surface area contributed by atoms with Crippen molar-refractivity contribution in [2.45, 2.75) is 6.42 Å². The minimum Gasteiger partial charge on any atom is -0.491 e. The Kier molecular flexibility index (Phi) is 3.89. The fourth-order valence-electron chi connectivity index (χ4n) is 1.23. The lowest BCUT2D eigenvalue weighted by Crippen LogP contribution is -2.12. The predicted molar refractivity (Wildman–Crippen MR) is 50.9 cm³/mol. The summed E-state index contributed by atoms with van der Waals surface area (Å²) in [6, 6.07) is 0.505. The number of halogens is 3. The van der Waals surface area contributed by atoms with Gasteiger partial charge in [-0.25, -0.2) is 8.78 Å². The molecule has 0 saturated heterocycles. The Morgan fingerprint density at radius 2 is 2.00 bits per heavy atom.